The molecule has 10 heteroatoms. The van der Waals surface area contributed by atoms with Gasteiger partial charge in [0.1, 0.15) is 11.6 Å². The van der Waals surface area contributed by atoms with Gasteiger partial charge in [-0.25, -0.2) is 9.18 Å². The van der Waals surface area contributed by atoms with E-state index in [2.05, 4.69) is 16.0 Å². The van der Waals surface area contributed by atoms with Crippen molar-refractivity contribution in [2.75, 3.05) is 5.32 Å². The number of non-ortho nitro benzene ring substituents is 1. The molecule has 0 bridgehead atoms. The Balaban J connectivity index is 1.39. The maximum absolute atomic E-state index is 13.2. The van der Waals surface area contributed by atoms with Crippen LogP contribution in [0.2, 0.25) is 0 Å². The second kappa shape index (κ2) is 10.0. The lowest BCUT2D eigenvalue weighted by Gasteiger charge is -2.28. The molecule has 1 unspecified atom stereocenters. The number of carbonyl (C=O) groups excluding carboxylic acids is 2. The molecule has 3 aromatic carbocycles. The SMILES string of the molecule is CC1=C(C(=O)Nc2cccc([N+](=O)[O-])c2)C(c2ccc(-c3cc(-c4ccc(F)cc4)co3)cc2)NC(=O)N1. The molecule has 0 spiro atoms. The number of urea groups is 1. The molecule has 3 amide bonds. The van der Waals surface area contributed by atoms with Gasteiger partial charge in [0.2, 0.25) is 0 Å². The molecule has 0 saturated carbocycles. The molecule has 5 rings (SSSR count). The molecule has 1 aliphatic heterocycles. The molecular weight excluding hydrogens is 491 g/mol. The molecule has 0 saturated heterocycles. The highest BCUT2D eigenvalue weighted by Gasteiger charge is 2.31. The molecule has 2 heterocycles. The third-order valence-corrected chi connectivity index (χ3v) is 6.13. The topological polar surface area (TPSA) is 127 Å². The molecule has 190 valence electrons. The number of amides is 3. The maximum Gasteiger partial charge on any atom is 0.319 e. The van der Waals surface area contributed by atoms with Crippen molar-refractivity contribution in [2.24, 2.45) is 0 Å². The molecule has 38 heavy (non-hydrogen) atoms. The van der Waals surface area contributed by atoms with E-state index >= 15 is 0 Å². The number of anilines is 1. The second-order valence-corrected chi connectivity index (χ2v) is 8.66. The summed E-state index contributed by atoms with van der Waals surface area (Å²) < 4.78 is 18.9. The van der Waals surface area contributed by atoms with E-state index < -0.39 is 22.9 Å². The number of carbonyl (C=O) groups is 2. The monoisotopic (exact) mass is 512 g/mol. The van der Waals surface area contributed by atoms with Gasteiger partial charge in [0.05, 0.1) is 22.8 Å². The summed E-state index contributed by atoms with van der Waals surface area (Å²) in [6, 6.07) is 19.5. The number of allylic oxidation sites excluding steroid dienone is 1. The third-order valence-electron chi connectivity index (χ3n) is 6.13. The van der Waals surface area contributed by atoms with Crippen molar-refractivity contribution in [1.82, 2.24) is 10.6 Å². The number of halogens is 1. The maximum atomic E-state index is 13.2. The van der Waals surface area contributed by atoms with Gasteiger partial charge in [-0.2, -0.15) is 0 Å². The Kier molecular flexibility index (Phi) is 6.44. The van der Waals surface area contributed by atoms with Gasteiger partial charge in [0, 0.05) is 34.6 Å². The summed E-state index contributed by atoms with van der Waals surface area (Å²) in [7, 11) is 0. The van der Waals surface area contributed by atoms with E-state index in [1.807, 2.05) is 18.2 Å². The quantitative estimate of drug-likeness (QED) is 0.218. The van der Waals surface area contributed by atoms with Crippen LogP contribution < -0.4 is 16.0 Å². The number of benzene rings is 3. The van der Waals surface area contributed by atoms with E-state index in [-0.39, 0.29) is 22.8 Å². The van der Waals surface area contributed by atoms with Crippen molar-refractivity contribution >= 4 is 23.3 Å². The van der Waals surface area contributed by atoms with Crippen LogP contribution in [0.25, 0.3) is 22.5 Å². The molecule has 0 aliphatic carbocycles. The van der Waals surface area contributed by atoms with Crippen LogP contribution in [0, 0.1) is 15.9 Å². The van der Waals surface area contributed by atoms with Crippen LogP contribution in [-0.2, 0) is 4.79 Å². The lowest BCUT2D eigenvalue weighted by Crippen LogP contribution is -2.45. The van der Waals surface area contributed by atoms with Gasteiger partial charge in [-0.15, -0.1) is 0 Å². The molecule has 1 aromatic heterocycles. The highest BCUT2D eigenvalue weighted by molar-refractivity contribution is 6.07. The number of hydrogen-bond donors (Lipinski definition) is 3. The van der Waals surface area contributed by atoms with Crippen molar-refractivity contribution in [2.45, 2.75) is 13.0 Å². The first-order chi connectivity index (χ1) is 18.3. The van der Waals surface area contributed by atoms with Crippen LogP contribution in [-0.4, -0.2) is 16.9 Å². The fraction of sp³-hybridized carbons (Fsp3) is 0.0714. The van der Waals surface area contributed by atoms with Crippen molar-refractivity contribution in [3.05, 3.63) is 118 Å². The summed E-state index contributed by atoms with van der Waals surface area (Å²) in [5.41, 5.74) is 3.76. The number of rotatable bonds is 6. The Hall–Kier alpha value is -5.25. The van der Waals surface area contributed by atoms with Gasteiger partial charge in [-0.3, -0.25) is 14.9 Å². The first kappa shape index (κ1) is 24.4. The molecule has 4 aromatic rings. The van der Waals surface area contributed by atoms with Crippen LogP contribution in [0.15, 0.2) is 101 Å². The standard InChI is InChI=1S/C28H21FN4O5/c1-16-25(27(34)31-22-3-2-4-23(14-22)33(36)37)26(32-28(35)30-16)19-7-5-18(6-8-19)24-13-20(15-38-24)17-9-11-21(29)12-10-17/h2-15,26H,1H3,(H,31,34)(H2,30,32,35). The van der Waals surface area contributed by atoms with Gasteiger partial charge in [0.15, 0.2) is 0 Å². The molecule has 9 nitrogen and oxygen atoms in total. The smallest absolute Gasteiger partial charge is 0.319 e. The first-order valence-corrected chi connectivity index (χ1v) is 11.6. The van der Waals surface area contributed by atoms with Gasteiger partial charge >= 0.3 is 6.03 Å². The summed E-state index contributed by atoms with van der Waals surface area (Å²) in [4.78, 5) is 36.0. The number of nitro benzene ring substituents is 1. The summed E-state index contributed by atoms with van der Waals surface area (Å²) in [6.07, 6.45) is 1.59. The largest absolute Gasteiger partial charge is 0.464 e. The fourth-order valence-electron chi connectivity index (χ4n) is 4.26. The fourth-order valence-corrected chi connectivity index (χ4v) is 4.26. The molecular formula is C28H21FN4O5. The third kappa shape index (κ3) is 5.00. The van der Waals surface area contributed by atoms with Crippen LogP contribution in [0.5, 0.6) is 0 Å². The van der Waals surface area contributed by atoms with E-state index in [9.17, 15) is 24.1 Å². The van der Waals surface area contributed by atoms with E-state index in [0.29, 0.717) is 17.0 Å². The summed E-state index contributed by atoms with van der Waals surface area (Å²) in [5.74, 6) is -0.236. The zero-order chi connectivity index (χ0) is 26.8. The van der Waals surface area contributed by atoms with Crippen LogP contribution in [0.3, 0.4) is 0 Å². The Morgan fingerprint density at radius 1 is 1.00 bits per heavy atom. The summed E-state index contributed by atoms with van der Waals surface area (Å²) >= 11 is 0. The highest BCUT2D eigenvalue weighted by atomic mass is 19.1. The molecule has 3 N–H and O–H groups in total. The van der Waals surface area contributed by atoms with Gasteiger partial charge < -0.3 is 20.4 Å². The number of furan rings is 1. The lowest BCUT2D eigenvalue weighted by molar-refractivity contribution is -0.384. The van der Waals surface area contributed by atoms with E-state index in [1.165, 1.54) is 30.3 Å². The predicted molar refractivity (Wildman–Crippen MR) is 138 cm³/mol. The number of nitrogens with one attached hydrogen (secondary N) is 3. The normalized spacial score (nSPS) is 15.0. The minimum atomic E-state index is -0.761. The van der Waals surface area contributed by atoms with Crippen molar-refractivity contribution in [3.8, 4) is 22.5 Å². The van der Waals surface area contributed by atoms with Crippen molar-refractivity contribution < 1.29 is 23.3 Å². The van der Waals surface area contributed by atoms with Crippen LogP contribution in [0.4, 0.5) is 20.6 Å². The number of nitro groups is 1. The van der Waals surface area contributed by atoms with Crippen LogP contribution >= 0.6 is 0 Å². The first-order valence-electron chi connectivity index (χ1n) is 11.6. The molecule has 0 radical (unpaired) electrons. The molecule has 0 fully saturated rings. The average molecular weight is 512 g/mol. The van der Waals surface area contributed by atoms with Gasteiger partial charge in [-0.1, -0.05) is 42.5 Å². The Labute approximate surface area is 216 Å². The highest BCUT2D eigenvalue weighted by Crippen LogP contribution is 2.32. The average Bonchev–Trinajstić information content (AvgIpc) is 3.39. The minimum absolute atomic E-state index is 0.156. The van der Waals surface area contributed by atoms with E-state index in [1.54, 1.807) is 43.5 Å². The Bertz CT molecular complexity index is 1580. The Morgan fingerprint density at radius 2 is 1.71 bits per heavy atom. The minimum Gasteiger partial charge on any atom is -0.464 e. The summed E-state index contributed by atoms with van der Waals surface area (Å²) in [6.45, 7) is 1.61. The Morgan fingerprint density at radius 3 is 2.42 bits per heavy atom. The zero-order valence-corrected chi connectivity index (χ0v) is 20.0. The summed E-state index contributed by atoms with van der Waals surface area (Å²) in [5, 5.41) is 19.1. The van der Waals surface area contributed by atoms with E-state index in [0.717, 1.165) is 16.7 Å². The van der Waals surface area contributed by atoms with Crippen molar-refractivity contribution in [3.63, 3.8) is 0 Å². The number of nitrogens with zero attached hydrogens (tertiary/aromatic N) is 1. The van der Waals surface area contributed by atoms with Crippen LogP contribution in [0.1, 0.15) is 18.5 Å². The lowest BCUT2D eigenvalue weighted by atomic mass is 9.93. The van der Waals surface area contributed by atoms with Gasteiger partial charge in [0.25, 0.3) is 11.6 Å². The zero-order valence-electron chi connectivity index (χ0n) is 20.0. The van der Waals surface area contributed by atoms with Crippen molar-refractivity contribution in [1.29, 1.82) is 0 Å². The predicted octanol–water partition coefficient (Wildman–Crippen LogP) is 5.93. The molecule has 1 aliphatic rings. The molecule has 1 atom stereocenters. The van der Waals surface area contributed by atoms with Gasteiger partial charge in [-0.05, 0) is 42.3 Å². The second-order valence-electron chi connectivity index (χ2n) is 8.66. The number of hydrogen-bond acceptors (Lipinski definition) is 5. The van der Waals surface area contributed by atoms with E-state index in [4.69, 9.17) is 4.42 Å².